The minimum Gasteiger partial charge on any atom is -0.378 e. The number of nitrogens with one attached hydrogen (secondary N) is 1. The summed E-state index contributed by atoms with van der Waals surface area (Å²) in [4.78, 5) is 12.6. The van der Waals surface area contributed by atoms with Crippen molar-refractivity contribution < 1.29 is 18.1 Å². The minimum atomic E-state index is -3.97. The number of nitro benzene ring substituents is 1. The van der Waals surface area contributed by atoms with E-state index < -0.39 is 14.9 Å². The number of nitrogens with zero attached hydrogens (tertiary/aromatic N) is 2. The van der Waals surface area contributed by atoms with Gasteiger partial charge in [-0.1, -0.05) is 0 Å². The molecule has 0 aromatic heterocycles. The van der Waals surface area contributed by atoms with Crippen molar-refractivity contribution in [3.8, 4) is 0 Å². The first kappa shape index (κ1) is 16.1. The molecular weight excluding hydrogens is 324 g/mol. The first-order valence-corrected chi connectivity index (χ1v) is 8.79. The van der Waals surface area contributed by atoms with Crippen LogP contribution in [-0.4, -0.2) is 56.6 Å². The summed E-state index contributed by atoms with van der Waals surface area (Å²) in [5, 5.41) is 19.4. The fourth-order valence-corrected chi connectivity index (χ4v) is 3.39. The summed E-state index contributed by atoms with van der Waals surface area (Å²) >= 11 is 0. The normalized spacial score (nSPS) is 22.7. The first-order valence-electron chi connectivity index (χ1n) is 7.24. The van der Waals surface area contributed by atoms with Crippen LogP contribution in [-0.2, 0) is 14.8 Å². The molecule has 2 saturated heterocycles. The summed E-state index contributed by atoms with van der Waals surface area (Å²) in [6.45, 7) is 3.16. The van der Waals surface area contributed by atoms with Crippen molar-refractivity contribution in [2.75, 3.05) is 31.6 Å². The Bertz CT molecular complexity index is 719. The van der Waals surface area contributed by atoms with Crippen LogP contribution >= 0.6 is 0 Å². The lowest BCUT2D eigenvalue weighted by molar-refractivity contribution is -0.384. The first-order chi connectivity index (χ1) is 10.8. The van der Waals surface area contributed by atoms with Gasteiger partial charge in [-0.25, -0.2) is 13.6 Å². The zero-order valence-electron chi connectivity index (χ0n) is 12.3. The number of hydrogen-bond donors (Lipinski definition) is 2. The van der Waals surface area contributed by atoms with Crippen LogP contribution in [0.1, 0.15) is 6.42 Å². The van der Waals surface area contributed by atoms with E-state index in [9.17, 15) is 18.5 Å². The Morgan fingerprint density at radius 1 is 1.39 bits per heavy atom. The second-order valence-electron chi connectivity index (χ2n) is 5.80. The third-order valence-corrected chi connectivity index (χ3v) is 5.12. The predicted molar refractivity (Wildman–Crippen MR) is 82.7 cm³/mol. The minimum absolute atomic E-state index is 0.0784. The Morgan fingerprint density at radius 2 is 2.13 bits per heavy atom. The van der Waals surface area contributed by atoms with Gasteiger partial charge in [-0.15, -0.1) is 0 Å². The van der Waals surface area contributed by atoms with E-state index in [1.165, 1.54) is 12.1 Å². The highest BCUT2D eigenvalue weighted by Gasteiger charge is 2.33. The highest BCUT2D eigenvalue weighted by Crippen LogP contribution is 2.29. The van der Waals surface area contributed by atoms with Gasteiger partial charge in [-0.05, 0) is 18.6 Å². The number of sulfonamides is 1. The highest BCUT2D eigenvalue weighted by atomic mass is 32.2. The Morgan fingerprint density at radius 3 is 2.70 bits per heavy atom. The van der Waals surface area contributed by atoms with E-state index in [0.29, 0.717) is 11.7 Å². The third kappa shape index (κ3) is 3.44. The molecule has 0 unspecified atom stereocenters. The molecule has 0 amide bonds. The quantitative estimate of drug-likeness (QED) is 0.575. The number of ether oxygens (including phenoxy) is 1. The topological polar surface area (TPSA) is 128 Å². The third-order valence-electron chi connectivity index (χ3n) is 4.21. The molecule has 2 heterocycles. The molecule has 10 heteroatoms. The number of hydrogen-bond acceptors (Lipinski definition) is 7. The molecule has 1 atom stereocenters. The van der Waals surface area contributed by atoms with Gasteiger partial charge in [-0.3, -0.25) is 15.0 Å². The SMILES string of the molecule is NS(=O)(=O)c1ccc(N[C@@H]2CCN(C3COC3)C2)c([N+](=O)[O-])c1. The molecule has 0 bridgehead atoms. The average Bonchev–Trinajstić information content (AvgIpc) is 2.83. The molecule has 1 aromatic rings. The number of nitrogens with two attached hydrogens (primary N) is 1. The average molecular weight is 342 g/mol. The maximum absolute atomic E-state index is 11.3. The van der Waals surface area contributed by atoms with Gasteiger partial charge in [0.1, 0.15) is 5.69 Å². The van der Waals surface area contributed by atoms with E-state index in [1.54, 1.807) is 0 Å². The van der Waals surface area contributed by atoms with Crippen LogP contribution in [0.15, 0.2) is 23.1 Å². The predicted octanol–water partition coefficient (Wildman–Crippen LogP) is 0.127. The van der Waals surface area contributed by atoms with E-state index in [4.69, 9.17) is 9.88 Å². The fourth-order valence-electron chi connectivity index (χ4n) is 2.85. The lowest BCUT2D eigenvalue weighted by Crippen LogP contribution is -2.48. The summed E-state index contributed by atoms with van der Waals surface area (Å²) in [5.74, 6) is 0. The molecule has 126 valence electrons. The lowest BCUT2D eigenvalue weighted by atomic mass is 10.2. The molecule has 2 aliphatic rings. The number of nitro groups is 1. The van der Waals surface area contributed by atoms with Crippen LogP contribution < -0.4 is 10.5 Å². The van der Waals surface area contributed by atoms with Crippen molar-refractivity contribution in [1.29, 1.82) is 0 Å². The summed E-state index contributed by atoms with van der Waals surface area (Å²) in [7, 11) is -3.97. The van der Waals surface area contributed by atoms with E-state index >= 15 is 0 Å². The van der Waals surface area contributed by atoms with Crippen molar-refractivity contribution in [1.82, 2.24) is 4.90 Å². The van der Waals surface area contributed by atoms with Crippen molar-refractivity contribution in [2.45, 2.75) is 23.4 Å². The zero-order valence-corrected chi connectivity index (χ0v) is 13.2. The molecule has 3 N–H and O–H groups in total. The van der Waals surface area contributed by atoms with Crippen LogP contribution in [0.4, 0.5) is 11.4 Å². The molecule has 0 aliphatic carbocycles. The van der Waals surface area contributed by atoms with Crippen molar-refractivity contribution in [3.05, 3.63) is 28.3 Å². The fraction of sp³-hybridized carbons (Fsp3) is 0.538. The molecule has 1 aromatic carbocycles. The maximum atomic E-state index is 11.3. The number of benzene rings is 1. The van der Waals surface area contributed by atoms with E-state index in [-0.39, 0.29) is 16.6 Å². The van der Waals surface area contributed by atoms with Crippen LogP contribution in [0.25, 0.3) is 0 Å². The van der Waals surface area contributed by atoms with Gasteiger partial charge in [0.2, 0.25) is 10.0 Å². The van der Waals surface area contributed by atoms with E-state index in [2.05, 4.69) is 10.2 Å². The highest BCUT2D eigenvalue weighted by molar-refractivity contribution is 7.89. The molecule has 2 aliphatic heterocycles. The maximum Gasteiger partial charge on any atom is 0.293 e. The molecule has 2 fully saturated rings. The van der Waals surface area contributed by atoms with Crippen molar-refractivity contribution in [3.63, 3.8) is 0 Å². The Hall–Kier alpha value is -1.75. The molecule has 0 radical (unpaired) electrons. The molecular formula is C13H18N4O5S. The lowest BCUT2D eigenvalue weighted by Gasteiger charge is -2.34. The number of primary sulfonamides is 1. The van der Waals surface area contributed by atoms with Gasteiger partial charge in [-0.2, -0.15) is 0 Å². The van der Waals surface area contributed by atoms with Gasteiger partial charge >= 0.3 is 0 Å². The van der Waals surface area contributed by atoms with Crippen LogP contribution in [0, 0.1) is 10.1 Å². The second-order valence-corrected chi connectivity index (χ2v) is 7.36. The van der Waals surface area contributed by atoms with Crippen LogP contribution in [0.2, 0.25) is 0 Å². The Labute approximate surface area is 133 Å². The van der Waals surface area contributed by atoms with Gasteiger partial charge in [0, 0.05) is 25.2 Å². The number of rotatable bonds is 5. The smallest absolute Gasteiger partial charge is 0.293 e. The summed E-state index contributed by atoms with van der Waals surface area (Å²) in [5.41, 5.74) is 0.0149. The Kier molecular flexibility index (Phi) is 4.23. The van der Waals surface area contributed by atoms with E-state index in [0.717, 1.165) is 38.8 Å². The molecule has 9 nitrogen and oxygen atoms in total. The summed E-state index contributed by atoms with van der Waals surface area (Å²) in [6, 6.07) is 4.17. The van der Waals surface area contributed by atoms with Gasteiger partial charge in [0.25, 0.3) is 5.69 Å². The summed E-state index contributed by atoms with van der Waals surface area (Å²) in [6.07, 6.45) is 0.866. The second kappa shape index (κ2) is 6.04. The largest absolute Gasteiger partial charge is 0.378 e. The van der Waals surface area contributed by atoms with Gasteiger partial charge < -0.3 is 10.1 Å². The molecule has 3 rings (SSSR count). The molecule has 0 saturated carbocycles. The molecule has 0 spiro atoms. The van der Waals surface area contributed by atoms with Crippen LogP contribution in [0.5, 0.6) is 0 Å². The van der Waals surface area contributed by atoms with Gasteiger partial charge in [0.15, 0.2) is 0 Å². The Balaban J connectivity index is 1.76. The van der Waals surface area contributed by atoms with Crippen molar-refractivity contribution in [2.24, 2.45) is 5.14 Å². The van der Waals surface area contributed by atoms with E-state index in [1.807, 2.05) is 0 Å². The van der Waals surface area contributed by atoms with Crippen molar-refractivity contribution >= 4 is 21.4 Å². The molecule has 23 heavy (non-hydrogen) atoms. The number of likely N-dealkylation sites (tertiary alicyclic amines) is 1. The number of anilines is 1. The van der Waals surface area contributed by atoms with Gasteiger partial charge in [0.05, 0.1) is 29.1 Å². The monoisotopic (exact) mass is 342 g/mol. The zero-order chi connectivity index (χ0) is 16.6. The summed E-state index contributed by atoms with van der Waals surface area (Å²) < 4.78 is 27.9. The standard InChI is InChI=1S/C13H18N4O5S/c14-23(20,21)11-1-2-12(13(5-11)17(18)19)15-9-3-4-16(6-9)10-7-22-8-10/h1-2,5,9-10,15H,3-4,6-8H2,(H2,14,20,21)/t9-/m1/s1. The van der Waals surface area contributed by atoms with Crippen LogP contribution in [0.3, 0.4) is 0 Å².